The maximum atomic E-state index is 12.5. The molecule has 8 nitrogen and oxygen atoms in total. The summed E-state index contributed by atoms with van der Waals surface area (Å²) in [4.78, 5) is 13.3. The summed E-state index contributed by atoms with van der Waals surface area (Å²) in [6.07, 6.45) is 0.779. The molecule has 0 bridgehead atoms. The van der Waals surface area contributed by atoms with Gasteiger partial charge in [-0.15, -0.1) is 10.2 Å². The van der Waals surface area contributed by atoms with Crippen molar-refractivity contribution in [2.24, 2.45) is 0 Å². The summed E-state index contributed by atoms with van der Waals surface area (Å²) in [7, 11) is 0. The van der Waals surface area contributed by atoms with Crippen LogP contribution < -0.4 is 15.4 Å². The number of nitrogens with one attached hydrogen (secondary N) is 2. The van der Waals surface area contributed by atoms with Gasteiger partial charge >= 0.3 is 0 Å². The van der Waals surface area contributed by atoms with Crippen LogP contribution >= 0.6 is 39.5 Å². The molecule has 0 fully saturated rings. The molecule has 33 heavy (non-hydrogen) atoms. The Kier molecular flexibility index (Phi) is 7.31. The van der Waals surface area contributed by atoms with Gasteiger partial charge in [0.1, 0.15) is 10.8 Å². The average Bonchev–Trinajstić information content (AvgIpc) is 3.40. The van der Waals surface area contributed by atoms with Gasteiger partial charge in [-0.2, -0.15) is 9.61 Å². The summed E-state index contributed by atoms with van der Waals surface area (Å²) in [5.41, 5.74) is 2.51. The molecule has 0 atom stereocenters. The van der Waals surface area contributed by atoms with Gasteiger partial charge in [0.2, 0.25) is 4.96 Å². The van der Waals surface area contributed by atoms with E-state index < -0.39 is 0 Å². The molecule has 2 heterocycles. The van der Waals surface area contributed by atoms with Crippen LogP contribution in [-0.2, 0) is 13.0 Å². The Bertz CT molecular complexity index is 1300. The molecule has 0 aliphatic rings. The van der Waals surface area contributed by atoms with E-state index in [0.717, 1.165) is 33.3 Å². The predicted octanol–water partition coefficient (Wildman–Crippen LogP) is 4.38. The highest BCUT2D eigenvalue weighted by atomic mass is 79.9. The molecular weight excluding hydrogens is 524 g/mol. The average molecular weight is 545 g/mol. The van der Waals surface area contributed by atoms with E-state index >= 15 is 0 Å². The molecule has 0 unspecified atom stereocenters. The van der Waals surface area contributed by atoms with E-state index in [-0.39, 0.29) is 11.0 Å². The maximum absolute atomic E-state index is 12.5. The normalized spacial score (nSPS) is 10.9. The molecule has 0 aliphatic heterocycles. The van der Waals surface area contributed by atoms with Crippen LogP contribution in [0.15, 0.2) is 46.9 Å². The maximum Gasteiger partial charge on any atom is 0.257 e. The van der Waals surface area contributed by atoms with E-state index in [0.29, 0.717) is 28.9 Å². The minimum absolute atomic E-state index is 0.259. The molecule has 0 spiro atoms. The number of halogens is 1. The second kappa shape index (κ2) is 10.4. The van der Waals surface area contributed by atoms with Gasteiger partial charge in [-0.3, -0.25) is 10.1 Å². The molecule has 0 aliphatic carbocycles. The molecule has 2 N–H and O–H groups in total. The van der Waals surface area contributed by atoms with E-state index in [9.17, 15) is 4.79 Å². The van der Waals surface area contributed by atoms with Gasteiger partial charge in [-0.1, -0.05) is 42.5 Å². The monoisotopic (exact) mass is 544 g/mol. The summed E-state index contributed by atoms with van der Waals surface area (Å²) in [6.45, 7) is 4.97. The van der Waals surface area contributed by atoms with Crippen LogP contribution in [0.25, 0.3) is 15.5 Å². The number of carbonyl (C=O) groups excluding carboxylic acids is 1. The van der Waals surface area contributed by atoms with Gasteiger partial charge in [0, 0.05) is 24.1 Å². The Morgan fingerprint density at radius 2 is 1.97 bits per heavy atom. The van der Waals surface area contributed by atoms with Crippen molar-refractivity contribution in [1.29, 1.82) is 0 Å². The highest BCUT2D eigenvalue weighted by molar-refractivity contribution is 9.10. The Labute approximate surface area is 208 Å². The van der Waals surface area contributed by atoms with Crippen LogP contribution in [0.3, 0.4) is 0 Å². The fourth-order valence-corrected chi connectivity index (χ4v) is 4.60. The van der Waals surface area contributed by atoms with Gasteiger partial charge in [-0.25, -0.2) is 0 Å². The first-order valence-corrected chi connectivity index (χ1v) is 12.3. The van der Waals surface area contributed by atoms with Crippen molar-refractivity contribution in [1.82, 2.24) is 30.4 Å². The van der Waals surface area contributed by atoms with Gasteiger partial charge in [-0.05, 0) is 58.8 Å². The number of aromatic nitrogens is 4. The number of aryl methyl sites for hydroxylation is 1. The molecule has 11 heteroatoms. The summed E-state index contributed by atoms with van der Waals surface area (Å²) in [6, 6.07) is 13.2. The molecule has 170 valence electrons. The highest BCUT2D eigenvalue weighted by Gasteiger charge is 2.13. The van der Waals surface area contributed by atoms with Crippen molar-refractivity contribution < 1.29 is 9.53 Å². The van der Waals surface area contributed by atoms with Crippen LogP contribution in [0, 0.1) is 0 Å². The number of thiocarbonyl (C=S) groups is 1. The topological polar surface area (TPSA) is 93.4 Å². The SMILES string of the molecule is CCOc1ccc(C(=O)NC(=S)NCc2ccc(-c3nn4c(CC)nnc4s3)cc2)cc1Br. The first-order chi connectivity index (χ1) is 16.0. The van der Waals surface area contributed by atoms with Crippen molar-refractivity contribution in [3.05, 3.63) is 63.9 Å². The quantitative estimate of drug-likeness (QED) is 0.333. The summed E-state index contributed by atoms with van der Waals surface area (Å²) >= 11 is 10.2. The lowest BCUT2D eigenvalue weighted by Crippen LogP contribution is -2.38. The van der Waals surface area contributed by atoms with E-state index in [4.69, 9.17) is 17.0 Å². The van der Waals surface area contributed by atoms with Gasteiger partial charge in [0.25, 0.3) is 5.91 Å². The fourth-order valence-electron chi connectivity index (χ4n) is 3.08. The smallest absolute Gasteiger partial charge is 0.257 e. The number of hydrogen-bond acceptors (Lipinski definition) is 7. The lowest BCUT2D eigenvalue weighted by Gasteiger charge is -2.11. The predicted molar refractivity (Wildman–Crippen MR) is 136 cm³/mol. The van der Waals surface area contributed by atoms with E-state index in [1.165, 1.54) is 11.3 Å². The minimum Gasteiger partial charge on any atom is -0.493 e. The number of ether oxygens (including phenoxy) is 1. The molecule has 2 aromatic heterocycles. The van der Waals surface area contributed by atoms with Gasteiger partial charge in [0.05, 0.1) is 11.1 Å². The first kappa shape index (κ1) is 23.3. The third kappa shape index (κ3) is 5.37. The summed E-state index contributed by atoms with van der Waals surface area (Å²) in [5, 5.41) is 19.8. The Hall–Kier alpha value is -2.89. The molecule has 4 aromatic rings. The zero-order valence-electron chi connectivity index (χ0n) is 18.0. The first-order valence-electron chi connectivity index (χ1n) is 10.3. The van der Waals surface area contributed by atoms with E-state index in [1.54, 1.807) is 22.7 Å². The van der Waals surface area contributed by atoms with Crippen molar-refractivity contribution in [2.45, 2.75) is 26.8 Å². The highest BCUT2D eigenvalue weighted by Crippen LogP contribution is 2.27. The molecule has 4 rings (SSSR count). The second-order valence-corrected chi connectivity index (χ2v) is 9.20. The number of rotatable bonds is 7. The Morgan fingerprint density at radius 1 is 1.18 bits per heavy atom. The third-order valence-corrected chi connectivity index (χ3v) is 6.56. The zero-order valence-corrected chi connectivity index (χ0v) is 21.2. The van der Waals surface area contributed by atoms with Crippen molar-refractivity contribution >= 4 is 55.5 Å². The lowest BCUT2D eigenvalue weighted by atomic mass is 10.1. The lowest BCUT2D eigenvalue weighted by molar-refractivity contribution is 0.0976. The third-order valence-electron chi connectivity index (χ3n) is 4.75. The van der Waals surface area contributed by atoms with Gasteiger partial charge in [0.15, 0.2) is 10.9 Å². The molecule has 0 saturated heterocycles. The second-order valence-electron chi connectivity index (χ2n) is 6.98. The summed E-state index contributed by atoms with van der Waals surface area (Å²) < 4.78 is 7.98. The fraction of sp³-hybridized carbons (Fsp3) is 0.227. The largest absolute Gasteiger partial charge is 0.493 e. The molecule has 2 aromatic carbocycles. The molecular formula is C22H21BrN6O2S2. The zero-order chi connectivity index (χ0) is 23.4. The van der Waals surface area contributed by atoms with Crippen LogP contribution in [0.1, 0.15) is 35.6 Å². The van der Waals surface area contributed by atoms with Crippen LogP contribution in [0.2, 0.25) is 0 Å². The number of amides is 1. The molecule has 0 saturated carbocycles. The summed E-state index contributed by atoms with van der Waals surface area (Å²) in [5.74, 6) is 1.25. The van der Waals surface area contributed by atoms with Crippen LogP contribution in [0.4, 0.5) is 0 Å². The molecule has 1 amide bonds. The van der Waals surface area contributed by atoms with Crippen LogP contribution in [0.5, 0.6) is 5.75 Å². The standard InChI is InChI=1S/C22H21BrN6O2S2/c1-3-18-26-27-22-29(18)28-20(33-22)14-7-5-13(6-8-14)12-24-21(32)25-19(30)15-9-10-17(31-4-2)16(23)11-15/h5-11H,3-4,12H2,1-2H3,(H2,24,25,30,32). The van der Waals surface area contributed by atoms with E-state index in [1.807, 2.05) is 38.1 Å². The number of hydrogen-bond donors (Lipinski definition) is 2. The number of fused-ring (bicyclic) bond motifs is 1. The Morgan fingerprint density at radius 3 is 2.67 bits per heavy atom. The number of carbonyl (C=O) groups is 1. The number of benzene rings is 2. The number of nitrogens with zero attached hydrogens (tertiary/aromatic N) is 4. The van der Waals surface area contributed by atoms with Gasteiger partial charge < -0.3 is 10.1 Å². The Balaban J connectivity index is 1.33. The van der Waals surface area contributed by atoms with Crippen molar-refractivity contribution in [3.63, 3.8) is 0 Å². The van der Waals surface area contributed by atoms with Crippen molar-refractivity contribution in [3.8, 4) is 16.3 Å². The minimum atomic E-state index is -0.290. The van der Waals surface area contributed by atoms with Crippen molar-refractivity contribution in [2.75, 3.05) is 6.61 Å². The molecule has 0 radical (unpaired) electrons. The van der Waals surface area contributed by atoms with E-state index in [2.05, 4.69) is 41.9 Å². The van der Waals surface area contributed by atoms with Crippen LogP contribution in [-0.4, -0.2) is 37.4 Å².